The molecule has 3 aliphatic carbocycles. The third-order valence-electron chi connectivity index (χ3n) is 5.83. The monoisotopic (exact) mass is 444 g/mol. The summed E-state index contributed by atoms with van der Waals surface area (Å²) >= 11 is 5.63. The number of aliphatic hydroxyl groups is 1. The largest absolute Gasteiger partial charge is 0.484 e. The van der Waals surface area contributed by atoms with Gasteiger partial charge in [0, 0.05) is 24.2 Å². The molecular formula is C23H22ClFN2O4. The summed E-state index contributed by atoms with van der Waals surface area (Å²) in [5.74, 6) is -0.665. The zero-order valence-corrected chi connectivity index (χ0v) is 17.5. The summed E-state index contributed by atoms with van der Waals surface area (Å²) in [6, 6.07) is 7.51. The Balaban J connectivity index is 1.25. The van der Waals surface area contributed by atoms with Crippen LogP contribution in [0.1, 0.15) is 41.7 Å². The molecule has 6 nitrogen and oxygen atoms in total. The van der Waals surface area contributed by atoms with E-state index in [1.54, 1.807) is 30.5 Å². The average Bonchev–Trinajstić information content (AvgIpc) is 2.70. The lowest BCUT2D eigenvalue weighted by Gasteiger charge is -2.70. The lowest BCUT2D eigenvalue weighted by Crippen LogP contribution is -2.75. The summed E-state index contributed by atoms with van der Waals surface area (Å²) in [7, 11) is 0. The molecule has 1 aromatic carbocycles. The maximum atomic E-state index is 13.4. The molecule has 1 aromatic heterocycles. The normalized spacial score (nSPS) is 23.7. The number of rotatable bonds is 9. The van der Waals surface area contributed by atoms with Gasteiger partial charge in [-0.05, 0) is 54.5 Å². The van der Waals surface area contributed by atoms with Crippen LogP contribution < -0.4 is 10.1 Å². The molecule has 0 spiro atoms. The SMILES string of the molecule is O=C(COc1ccc(Cl)c(F)c1)NC12CC(CC(=O)c3cc(/C=C/CO)ccn3)(C1)C2. The van der Waals surface area contributed by atoms with Gasteiger partial charge in [-0.25, -0.2) is 4.39 Å². The van der Waals surface area contributed by atoms with Gasteiger partial charge in [0.25, 0.3) is 5.91 Å². The number of halogens is 2. The Morgan fingerprint density at radius 3 is 2.74 bits per heavy atom. The van der Waals surface area contributed by atoms with Gasteiger partial charge in [0.2, 0.25) is 0 Å². The Hall–Kier alpha value is -2.77. The minimum atomic E-state index is -0.602. The fourth-order valence-electron chi connectivity index (χ4n) is 4.69. The van der Waals surface area contributed by atoms with Crippen LogP contribution in [-0.2, 0) is 4.79 Å². The molecule has 2 aromatic rings. The highest BCUT2D eigenvalue weighted by Crippen LogP contribution is 2.69. The molecule has 2 N–H and O–H groups in total. The number of hydrogen-bond acceptors (Lipinski definition) is 5. The number of ether oxygens (including phenoxy) is 1. The molecule has 0 radical (unpaired) electrons. The molecule has 8 heteroatoms. The predicted octanol–water partition coefficient (Wildman–Crippen LogP) is 3.57. The van der Waals surface area contributed by atoms with Crippen LogP contribution in [0.5, 0.6) is 5.75 Å². The van der Waals surface area contributed by atoms with E-state index in [0.29, 0.717) is 12.1 Å². The molecule has 2 bridgehead atoms. The fraction of sp³-hybridized carbons (Fsp3) is 0.348. The number of carbonyl (C=O) groups excluding carboxylic acids is 2. The highest BCUT2D eigenvalue weighted by molar-refractivity contribution is 6.30. The summed E-state index contributed by atoms with van der Waals surface area (Å²) in [6.07, 6.45) is 7.56. The number of carbonyl (C=O) groups is 2. The number of amides is 1. The number of nitrogens with zero attached hydrogens (tertiary/aromatic N) is 1. The second kappa shape index (κ2) is 8.40. The molecular weight excluding hydrogens is 423 g/mol. The van der Waals surface area contributed by atoms with E-state index < -0.39 is 5.82 Å². The molecule has 5 rings (SSSR count). The van der Waals surface area contributed by atoms with Gasteiger partial charge < -0.3 is 15.2 Å². The molecule has 31 heavy (non-hydrogen) atoms. The fourth-order valence-corrected chi connectivity index (χ4v) is 4.81. The van der Waals surface area contributed by atoms with Gasteiger partial charge in [-0.15, -0.1) is 0 Å². The Morgan fingerprint density at radius 2 is 2.03 bits per heavy atom. The first kappa shape index (κ1) is 21.5. The van der Waals surface area contributed by atoms with E-state index >= 15 is 0 Å². The maximum absolute atomic E-state index is 13.4. The van der Waals surface area contributed by atoms with Crippen molar-refractivity contribution in [3.63, 3.8) is 0 Å². The third-order valence-corrected chi connectivity index (χ3v) is 6.13. The smallest absolute Gasteiger partial charge is 0.258 e. The molecule has 3 aliphatic rings. The van der Waals surface area contributed by atoms with Gasteiger partial charge in [-0.2, -0.15) is 0 Å². The Morgan fingerprint density at radius 1 is 1.26 bits per heavy atom. The Labute approximate surface area is 184 Å². The molecule has 3 fully saturated rings. The van der Waals surface area contributed by atoms with Crippen molar-refractivity contribution in [3.05, 3.63) is 64.7 Å². The molecule has 0 unspecified atom stereocenters. The third kappa shape index (κ3) is 4.62. The standard InChI is InChI=1S/C23H22ClFN2O4/c24-17-4-3-16(9-18(17)25)31-11-21(30)27-23-12-22(13-23,14-23)10-20(29)19-8-15(2-1-7-28)5-6-26-19/h1-6,8-9,28H,7,10-14H2,(H,27,30)/b2-1+. The molecule has 1 amide bonds. The first-order chi connectivity index (χ1) is 14.8. The Kier molecular flexibility index (Phi) is 5.81. The number of hydrogen-bond donors (Lipinski definition) is 2. The number of aliphatic hydroxyl groups excluding tert-OH is 1. The number of aromatic nitrogens is 1. The van der Waals surface area contributed by atoms with Crippen molar-refractivity contribution in [1.29, 1.82) is 0 Å². The van der Waals surface area contributed by atoms with Gasteiger partial charge in [-0.1, -0.05) is 23.8 Å². The van der Waals surface area contributed by atoms with Crippen molar-refractivity contribution in [2.24, 2.45) is 5.41 Å². The van der Waals surface area contributed by atoms with Crippen LogP contribution in [0.3, 0.4) is 0 Å². The minimum absolute atomic E-state index is 0.00550. The van der Waals surface area contributed by atoms with Gasteiger partial charge >= 0.3 is 0 Å². The van der Waals surface area contributed by atoms with E-state index in [-0.39, 0.29) is 46.6 Å². The summed E-state index contributed by atoms with van der Waals surface area (Å²) in [5, 5.41) is 11.9. The zero-order chi connectivity index (χ0) is 22.1. The molecule has 162 valence electrons. The predicted molar refractivity (Wildman–Crippen MR) is 113 cm³/mol. The summed E-state index contributed by atoms with van der Waals surface area (Å²) in [4.78, 5) is 29.0. The number of pyridine rings is 1. The van der Waals surface area contributed by atoms with Gasteiger partial charge in [-0.3, -0.25) is 14.6 Å². The molecule has 0 saturated heterocycles. The maximum Gasteiger partial charge on any atom is 0.258 e. The molecule has 3 saturated carbocycles. The second-order valence-electron chi connectivity index (χ2n) is 8.38. The second-order valence-corrected chi connectivity index (χ2v) is 8.79. The van der Waals surface area contributed by atoms with Gasteiger partial charge in [0.15, 0.2) is 12.4 Å². The van der Waals surface area contributed by atoms with E-state index in [4.69, 9.17) is 21.4 Å². The molecule has 0 atom stereocenters. The highest BCUT2D eigenvalue weighted by atomic mass is 35.5. The first-order valence-corrected chi connectivity index (χ1v) is 10.4. The summed E-state index contributed by atoms with van der Waals surface area (Å²) in [5.41, 5.74) is 0.870. The highest BCUT2D eigenvalue weighted by Gasteiger charge is 2.68. The zero-order valence-electron chi connectivity index (χ0n) is 16.7. The van der Waals surface area contributed by atoms with Crippen LogP contribution in [0.15, 0.2) is 42.6 Å². The topological polar surface area (TPSA) is 88.5 Å². The van der Waals surface area contributed by atoms with Crippen molar-refractivity contribution in [2.45, 2.75) is 31.2 Å². The number of nitrogens with one attached hydrogen (secondary N) is 1. The van der Waals surface area contributed by atoms with Gasteiger partial charge in [0.1, 0.15) is 17.3 Å². The molecule has 1 heterocycles. The van der Waals surface area contributed by atoms with E-state index in [1.807, 2.05) is 0 Å². The van der Waals surface area contributed by atoms with Crippen molar-refractivity contribution in [1.82, 2.24) is 10.3 Å². The van der Waals surface area contributed by atoms with Crippen molar-refractivity contribution in [3.8, 4) is 5.75 Å². The van der Waals surface area contributed by atoms with E-state index in [9.17, 15) is 14.0 Å². The lowest BCUT2D eigenvalue weighted by atomic mass is 9.38. The summed E-state index contributed by atoms with van der Waals surface area (Å²) in [6.45, 7) is -0.281. The van der Waals surface area contributed by atoms with E-state index in [1.165, 1.54) is 12.1 Å². The van der Waals surface area contributed by atoms with Crippen molar-refractivity contribution in [2.75, 3.05) is 13.2 Å². The average molecular weight is 445 g/mol. The first-order valence-electron chi connectivity index (χ1n) is 9.98. The van der Waals surface area contributed by atoms with Crippen LogP contribution in [0, 0.1) is 11.2 Å². The molecule has 0 aliphatic heterocycles. The number of benzene rings is 1. The quantitative estimate of drug-likeness (QED) is 0.577. The van der Waals surface area contributed by atoms with Crippen molar-refractivity contribution >= 4 is 29.4 Å². The van der Waals surface area contributed by atoms with Crippen LogP contribution >= 0.6 is 11.6 Å². The van der Waals surface area contributed by atoms with E-state index in [0.717, 1.165) is 30.9 Å². The van der Waals surface area contributed by atoms with Crippen LogP contribution in [-0.4, -0.2) is 40.5 Å². The van der Waals surface area contributed by atoms with Crippen LogP contribution in [0.4, 0.5) is 4.39 Å². The number of Topliss-reactive ketones (excluding diaryl/α,β-unsaturated/α-hetero) is 1. The minimum Gasteiger partial charge on any atom is -0.484 e. The van der Waals surface area contributed by atoms with Crippen LogP contribution in [0.2, 0.25) is 5.02 Å². The van der Waals surface area contributed by atoms with Crippen LogP contribution in [0.25, 0.3) is 6.08 Å². The van der Waals surface area contributed by atoms with E-state index in [2.05, 4.69) is 10.3 Å². The Bertz CT molecular complexity index is 1040. The van der Waals surface area contributed by atoms with Crippen molar-refractivity contribution < 1.29 is 23.8 Å². The summed E-state index contributed by atoms with van der Waals surface area (Å²) < 4.78 is 18.8. The lowest BCUT2D eigenvalue weighted by molar-refractivity contribution is -0.164. The van der Waals surface area contributed by atoms with Gasteiger partial charge in [0.05, 0.1) is 11.6 Å². The number of ketones is 1.